The molecule has 0 aromatic heterocycles. The van der Waals surface area contributed by atoms with Gasteiger partial charge in [0.2, 0.25) is 0 Å². The van der Waals surface area contributed by atoms with E-state index in [0.717, 1.165) is 0 Å². The number of benzene rings is 4. The van der Waals surface area contributed by atoms with Crippen molar-refractivity contribution in [1.82, 2.24) is 0 Å². The largest absolute Gasteiger partial charge is 0.310 e. The normalized spacial score (nSPS) is 20.1. The SMILES string of the molecule is Cc1ccccc1N(c1ccc(-c2cc3c4c(c2)C(C)(C)C(C)(C)C4(C)C(C)(C)C3(C)C)cc1)c1ccccc1C. The predicted octanol–water partition coefficient (Wildman–Crippen LogP) is 11.3. The summed E-state index contributed by atoms with van der Waals surface area (Å²) in [5.41, 5.74) is 13.9. The Morgan fingerprint density at radius 1 is 0.488 bits per heavy atom. The fourth-order valence-corrected chi connectivity index (χ4v) is 8.50. The molecule has 2 aliphatic rings. The van der Waals surface area contributed by atoms with Crippen molar-refractivity contribution in [3.05, 3.63) is 113 Å². The molecule has 0 spiro atoms. The van der Waals surface area contributed by atoms with Crippen LogP contribution < -0.4 is 4.90 Å². The molecule has 1 nitrogen and oxygen atoms in total. The van der Waals surface area contributed by atoms with E-state index >= 15 is 0 Å². The van der Waals surface area contributed by atoms with Crippen LogP contribution >= 0.6 is 0 Å². The van der Waals surface area contributed by atoms with Crippen molar-refractivity contribution in [3.63, 3.8) is 0 Å². The van der Waals surface area contributed by atoms with Crippen molar-refractivity contribution in [2.75, 3.05) is 4.90 Å². The average Bonchev–Trinajstić information content (AvgIpc) is 3.14. The number of para-hydroxylation sites is 2. The molecular formula is C40H47N. The highest BCUT2D eigenvalue weighted by Crippen LogP contribution is 2.76. The Bertz CT molecular complexity index is 1570. The monoisotopic (exact) mass is 541 g/mol. The zero-order chi connectivity index (χ0) is 29.8. The van der Waals surface area contributed by atoms with Gasteiger partial charge in [0.25, 0.3) is 0 Å². The fraction of sp³-hybridized carbons (Fsp3) is 0.400. The molecule has 1 heteroatoms. The van der Waals surface area contributed by atoms with Crippen LogP contribution in [0.15, 0.2) is 84.9 Å². The fourth-order valence-electron chi connectivity index (χ4n) is 8.50. The molecule has 212 valence electrons. The van der Waals surface area contributed by atoms with Gasteiger partial charge in [-0.25, -0.2) is 0 Å². The molecule has 0 unspecified atom stereocenters. The Hall–Kier alpha value is -3.32. The molecule has 0 radical (unpaired) electrons. The zero-order valence-corrected chi connectivity index (χ0v) is 27.0. The number of aryl methyl sites for hydroxylation is 2. The molecule has 4 aromatic rings. The molecule has 0 amide bonds. The number of rotatable bonds is 4. The van der Waals surface area contributed by atoms with Gasteiger partial charge in [-0.05, 0) is 98.7 Å². The van der Waals surface area contributed by atoms with Gasteiger partial charge in [0, 0.05) is 22.5 Å². The van der Waals surface area contributed by atoms with Crippen LogP contribution in [-0.4, -0.2) is 0 Å². The molecule has 0 fully saturated rings. The standard InChI is InChI=1S/C40H47N/c1-26-16-12-14-18-33(26)41(34-19-15-13-17-27(34)2)30-22-20-28(21-23-30)29-24-31-35-32(25-29)37(5,6)39(9,10)40(35,11)38(7,8)36(31,3)4/h12-25H,1-11H3. The van der Waals surface area contributed by atoms with E-state index in [9.17, 15) is 0 Å². The van der Waals surface area contributed by atoms with Gasteiger partial charge in [-0.3, -0.25) is 0 Å². The van der Waals surface area contributed by atoms with Crippen molar-refractivity contribution < 1.29 is 0 Å². The molecule has 6 rings (SSSR count). The first-order chi connectivity index (χ1) is 19.1. The first kappa shape index (κ1) is 27.8. The van der Waals surface area contributed by atoms with E-state index in [-0.39, 0.29) is 27.1 Å². The molecule has 0 heterocycles. The summed E-state index contributed by atoms with van der Waals surface area (Å²) >= 11 is 0. The number of nitrogens with zero attached hydrogens (tertiary/aromatic N) is 1. The van der Waals surface area contributed by atoms with Crippen LogP contribution in [0.2, 0.25) is 0 Å². The van der Waals surface area contributed by atoms with E-state index in [2.05, 4.69) is 166 Å². The van der Waals surface area contributed by atoms with Crippen LogP contribution in [-0.2, 0) is 16.2 Å². The van der Waals surface area contributed by atoms with Gasteiger partial charge in [0.05, 0.1) is 0 Å². The molecule has 0 N–H and O–H groups in total. The van der Waals surface area contributed by atoms with Gasteiger partial charge in [-0.15, -0.1) is 0 Å². The second-order valence-electron chi connectivity index (χ2n) is 15.0. The highest BCUT2D eigenvalue weighted by Gasteiger charge is 2.72. The van der Waals surface area contributed by atoms with Crippen molar-refractivity contribution in [2.24, 2.45) is 10.8 Å². The quantitative estimate of drug-likeness (QED) is 0.248. The second kappa shape index (κ2) is 8.60. The van der Waals surface area contributed by atoms with E-state index < -0.39 is 0 Å². The predicted molar refractivity (Wildman–Crippen MR) is 177 cm³/mol. The minimum atomic E-state index is 0.0715. The maximum Gasteiger partial charge on any atom is 0.0490 e. The van der Waals surface area contributed by atoms with E-state index in [1.54, 1.807) is 16.7 Å². The highest BCUT2D eigenvalue weighted by molar-refractivity contribution is 5.82. The third-order valence-electron chi connectivity index (χ3n) is 12.8. The summed E-state index contributed by atoms with van der Waals surface area (Å²) in [6.45, 7) is 26.9. The first-order valence-corrected chi connectivity index (χ1v) is 15.3. The summed E-state index contributed by atoms with van der Waals surface area (Å²) in [6, 6.07) is 31.7. The molecule has 0 saturated carbocycles. The summed E-state index contributed by atoms with van der Waals surface area (Å²) in [5, 5.41) is 0. The minimum Gasteiger partial charge on any atom is -0.310 e. The Kier molecular flexibility index (Phi) is 5.84. The maximum atomic E-state index is 2.55. The number of anilines is 3. The third kappa shape index (κ3) is 3.35. The molecule has 0 atom stereocenters. The maximum absolute atomic E-state index is 2.55. The molecule has 0 saturated heterocycles. The third-order valence-corrected chi connectivity index (χ3v) is 12.8. The Morgan fingerprint density at radius 3 is 1.32 bits per heavy atom. The summed E-state index contributed by atoms with van der Waals surface area (Å²) in [7, 11) is 0. The topological polar surface area (TPSA) is 3.24 Å². The second-order valence-corrected chi connectivity index (χ2v) is 15.0. The van der Waals surface area contributed by atoms with Crippen LogP contribution in [0.5, 0.6) is 0 Å². The van der Waals surface area contributed by atoms with Gasteiger partial charge in [0.1, 0.15) is 0 Å². The van der Waals surface area contributed by atoms with E-state index in [4.69, 9.17) is 0 Å². The van der Waals surface area contributed by atoms with Gasteiger partial charge >= 0.3 is 0 Å². The Labute approximate surface area is 248 Å². The van der Waals surface area contributed by atoms with Crippen LogP contribution in [0, 0.1) is 24.7 Å². The van der Waals surface area contributed by atoms with E-state index in [0.29, 0.717) is 0 Å². The summed E-state index contributed by atoms with van der Waals surface area (Å²) in [4.78, 5) is 2.40. The lowest BCUT2D eigenvalue weighted by atomic mass is 9.47. The van der Waals surface area contributed by atoms with Crippen LogP contribution in [0.1, 0.15) is 90.1 Å². The van der Waals surface area contributed by atoms with Crippen molar-refractivity contribution in [3.8, 4) is 11.1 Å². The number of hydrogen-bond acceptors (Lipinski definition) is 1. The Morgan fingerprint density at radius 2 is 0.902 bits per heavy atom. The lowest BCUT2D eigenvalue weighted by Crippen LogP contribution is -2.54. The molecular weight excluding hydrogens is 494 g/mol. The smallest absolute Gasteiger partial charge is 0.0490 e. The molecule has 0 bridgehead atoms. The lowest BCUT2D eigenvalue weighted by Gasteiger charge is -2.56. The molecule has 4 aromatic carbocycles. The number of hydrogen-bond donors (Lipinski definition) is 0. The Balaban J connectivity index is 1.51. The average molecular weight is 542 g/mol. The van der Waals surface area contributed by atoms with Gasteiger partial charge < -0.3 is 4.90 Å². The van der Waals surface area contributed by atoms with Gasteiger partial charge in [0.15, 0.2) is 0 Å². The van der Waals surface area contributed by atoms with E-state index in [1.807, 2.05) is 0 Å². The van der Waals surface area contributed by atoms with Crippen LogP contribution in [0.25, 0.3) is 11.1 Å². The molecule has 41 heavy (non-hydrogen) atoms. The molecule has 0 aliphatic heterocycles. The van der Waals surface area contributed by atoms with E-state index in [1.165, 1.54) is 39.3 Å². The summed E-state index contributed by atoms with van der Waals surface area (Å²) < 4.78 is 0. The van der Waals surface area contributed by atoms with Crippen molar-refractivity contribution >= 4 is 17.1 Å². The summed E-state index contributed by atoms with van der Waals surface area (Å²) in [6.07, 6.45) is 0. The van der Waals surface area contributed by atoms with Gasteiger partial charge in [-0.1, -0.05) is 123 Å². The van der Waals surface area contributed by atoms with Crippen LogP contribution in [0.3, 0.4) is 0 Å². The first-order valence-electron chi connectivity index (χ1n) is 15.3. The van der Waals surface area contributed by atoms with Crippen molar-refractivity contribution in [2.45, 2.75) is 92.4 Å². The lowest BCUT2D eigenvalue weighted by molar-refractivity contribution is -0.0105. The van der Waals surface area contributed by atoms with Gasteiger partial charge in [-0.2, -0.15) is 0 Å². The van der Waals surface area contributed by atoms with Crippen LogP contribution in [0.4, 0.5) is 17.1 Å². The zero-order valence-electron chi connectivity index (χ0n) is 27.0. The summed E-state index contributed by atoms with van der Waals surface area (Å²) in [5.74, 6) is 0. The molecule has 2 aliphatic carbocycles. The highest BCUT2D eigenvalue weighted by atomic mass is 15.1. The minimum absolute atomic E-state index is 0.0715. The van der Waals surface area contributed by atoms with Crippen molar-refractivity contribution in [1.29, 1.82) is 0 Å².